The molecule has 0 atom stereocenters. The minimum atomic E-state index is 0.0303. The molecule has 2 aromatic rings. The predicted molar refractivity (Wildman–Crippen MR) is 74.6 cm³/mol. The summed E-state index contributed by atoms with van der Waals surface area (Å²) in [6.07, 6.45) is 0.766. The molecule has 0 saturated carbocycles. The molecule has 0 bridgehead atoms. The van der Waals surface area contributed by atoms with Gasteiger partial charge in [-0.2, -0.15) is 0 Å². The first-order valence-corrected chi connectivity index (χ1v) is 6.45. The lowest BCUT2D eigenvalue weighted by Gasteiger charge is -2.13. The molecule has 1 heterocycles. The largest absolute Gasteiger partial charge is 0.268 e. The highest BCUT2D eigenvalue weighted by atomic mass is 16.1. The van der Waals surface area contributed by atoms with Crippen LogP contribution in [0.1, 0.15) is 43.5 Å². The van der Waals surface area contributed by atoms with E-state index in [-0.39, 0.29) is 5.56 Å². The molecule has 0 amide bonds. The molecule has 96 valence electrons. The molecule has 0 unspecified atom stereocenters. The molecular weight excluding hydrogens is 224 g/mol. The fraction of sp³-hybridized carbons (Fsp3) is 0.400. The summed E-state index contributed by atoms with van der Waals surface area (Å²) in [6, 6.07) is 8.18. The Balaban J connectivity index is 2.68. The first kappa shape index (κ1) is 12.7. The molecule has 0 radical (unpaired) electrons. The van der Waals surface area contributed by atoms with Crippen molar-refractivity contribution in [2.24, 2.45) is 0 Å². The summed E-state index contributed by atoms with van der Waals surface area (Å²) < 4.78 is 1.93. The Morgan fingerprint density at radius 1 is 1.33 bits per heavy atom. The smallest absolute Gasteiger partial charge is 0.267 e. The predicted octanol–water partition coefficient (Wildman–Crippen LogP) is 3.16. The van der Waals surface area contributed by atoms with Gasteiger partial charge in [0, 0.05) is 5.56 Å². The van der Waals surface area contributed by atoms with Crippen molar-refractivity contribution in [1.29, 1.82) is 0 Å². The van der Waals surface area contributed by atoms with Crippen LogP contribution >= 0.6 is 0 Å². The monoisotopic (exact) mass is 244 g/mol. The number of rotatable bonds is 3. The van der Waals surface area contributed by atoms with Gasteiger partial charge in [0.15, 0.2) is 0 Å². The maximum absolute atomic E-state index is 12.0. The van der Waals surface area contributed by atoms with Crippen LogP contribution in [0.15, 0.2) is 29.1 Å². The number of nitrogens with one attached hydrogen (secondary N) is 1. The van der Waals surface area contributed by atoms with E-state index in [4.69, 9.17) is 0 Å². The number of aromatic amines is 1. The van der Waals surface area contributed by atoms with Crippen LogP contribution in [0.3, 0.4) is 0 Å². The summed E-state index contributed by atoms with van der Waals surface area (Å²) in [5, 5.41) is 2.95. The molecule has 0 aliphatic carbocycles. The Bertz CT molecular complexity index is 605. The van der Waals surface area contributed by atoms with Gasteiger partial charge in [0.2, 0.25) is 0 Å². The summed E-state index contributed by atoms with van der Waals surface area (Å²) >= 11 is 0. The Morgan fingerprint density at radius 3 is 2.61 bits per heavy atom. The van der Waals surface area contributed by atoms with E-state index in [1.165, 1.54) is 5.56 Å². The topological polar surface area (TPSA) is 37.8 Å². The molecule has 0 aliphatic heterocycles. The fourth-order valence-corrected chi connectivity index (χ4v) is 2.40. The van der Waals surface area contributed by atoms with Gasteiger partial charge in [0.1, 0.15) is 0 Å². The summed E-state index contributed by atoms with van der Waals surface area (Å²) in [5.41, 5.74) is 4.23. The average Bonchev–Trinajstić information content (AvgIpc) is 2.66. The number of hydrogen-bond acceptors (Lipinski definition) is 1. The third kappa shape index (κ3) is 2.13. The average molecular weight is 244 g/mol. The second-order valence-electron chi connectivity index (χ2n) is 4.99. The lowest BCUT2D eigenvalue weighted by atomic mass is 10.0. The zero-order valence-electron chi connectivity index (χ0n) is 11.4. The number of hydrogen-bond donors (Lipinski definition) is 1. The molecule has 0 aliphatic rings. The summed E-state index contributed by atoms with van der Waals surface area (Å²) in [4.78, 5) is 12.0. The second-order valence-corrected chi connectivity index (χ2v) is 4.99. The molecule has 1 aromatic heterocycles. The van der Waals surface area contributed by atoms with Gasteiger partial charge in [0.05, 0.1) is 11.4 Å². The van der Waals surface area contributed by atoms with Crippen LogP contribution in [-0.4, -0.2) is 9.78 Å². The van der Waals surface area contributed by atoms with Crippen molar-refractivity contribution < 1.29 is 0 Å². The maximum atomic E-state index is 12.0. The van der Waals surface area contributed by atoms with E-state index in [9.17, 15) is 4.79 Å². The number of nitrogens with zero attached hydrogens (tertiary/aromatic N) is 1. The lowest BCUT2D eigenvalue weighted by molar-refractivity contribution is 0.724. The Hall–Kier alpha value is -1.77. The van der Waals surface area contributed by atoms with E-state index in [1.807, 2.05) is 23.7 Å². The Labute approximate surface area is 107 Å². The molecule has 3 heteroatoms. The van der Waals surface area contributed by atoms with Gasteiger partial charge in [-0.25, -0.2) is 0 Å². The molecule has 1 N–H and O–H groups in total. The van der Waals surface area contributed by atoms with Crippen molar-refractivity contribution in [3.63, 3.8) is 0 Å². The second kappa shape index (κ2) is 4.84. The normalized spacial score (nSPS) is 11.2. The fourth-order valence-electron chi connectivity index (χ4n) is 2.40. The standard InChI is InChI=1S/C15H20N2O/c1-5-13-14(10(2)3)17(16-15(13)18)12-8-6-7-11(4)9-12/h6-10H,5H2,1-4H3,(H,16,18). The molecule has 0 saturated heterocycles. The number of aryl methyl sites for hydroxylation is 1. The van der Waals surface area contributed by atoms with Gasteiger partial charge < -0.3 is 0 Å². The van der Waals surface area contributed by atoms with Crippen molar-refractivity contribution >= 4 is 0 Å². The highest BCUT2D eigenvalue weighted by Crippen LogP contribution is 2.21. The summed E-state index contributed by atoms with van der Waals surface area (Å²) in [5.74, 6) is 0.319. The summed E-state index contributed by atoms with van der Waals surface area (Å²) in [6.45, 7) is 8.32. The van der Waals surface area contributed by atoms with Crippen molar-refractivity contribution in [1.82, 2.24) is 9.78 Å². The molecule has 3 nitrogen and oxygen atoms in total. The van der Waals surface area contributed by atoms with Crippen molar-refractivity contribution in [3.05, 3.63) is 51.4 Å². The Morgan fingerprint density at radius 2 is 2.06 bits per heavy atom. The van der Waals surface area contributed by atoms with Crippen LogP contribution in [0.2, 0.25) is 0 Å². The lowest BCUT2D eigenvalue weighted by Crippen LogP contribution is -2.06. The third-order valence-corrected chi connectivity index (χ3v) is 3.20. The highest BCUT2D eigenvalue weighted by Gasteiger charge is 2.17. The summed E-state index contributed by atoms with van der Waals surface area (Å²) in [7, 11) is 0. The van der Waals surface area contributed by atoms with Gasteiger partial charge in [-0.15, -0.1) is 0 Å². The number of aromatic nitrogens is 2. The first-order valence-electron chi connectivity index (χ1n) is 6.45. The maximum Gasteiger partial charge on any atom is 0.267 e. The van der Waals surface area contributed by atoms with E-state index in [1.54, 1.807) is 0 Å². The van der Waals surface area contributed by atoms with Gasteiger partial charge in [-0.3, -0.25) is 14.6 Å². The van der Waals surface area contributed by atoms with Gasteiger partial charge in [-0.05, 0) is 37.0 Å². The van der Waals surface area contributed by atoms with Gasteiger partial charge >= 0.3 is 0 Å². The molecule has 1 aromatic carbocycles. The number of benzene rings is 1. The SMILES string of the molecule is CCc1c(C(C)C)n(-c2cccc(C)c2)[nH]c1=O. The Kier molecular flexibility index (Phi) is 3.41. The van der Waals surface area contributed by atoms with Crippen molar-refractivity contribution in [2.45, 2.75) is 40.0 Å². The van der Waals surface area contributed by atoms with E-state index in [2.05, 4.69) is 38.0 Å². The van der Waals surface area contributed by atoms with Crippen molar-refractivity contribution in [3.8, 4) is 5.69 Å². The van der Waals surface area contributed by atoms with E-state index >= 15 is 0 Å². The molecule has 0 fully saturated rings. The van der Waals surface area contributed by atoms with E-state index in [0.29, 0.717) is 5.92 Å². The molecule has 0 spiro atoms. The van der Waals surface area contributed by atoms with Crippen molar-refractivity contribution in [2.75, 3.05) is 0 Å². The minimum Gasteiger partial charge on any atom is -0.268 e. The molecule has 2 rings (SSSR count). The van der Waals surface area contributed by atoms with Crippen LogP contribution in [-0.2, 0) is 6.42 Å². The van der Waals surface area contributed by atoms with E-state index < -0.39 is 0 Å². The van der Waals surface area contributed by atoms with Crippen LogP contribution in [0.25, 0.3) is 5.69 Å². The molecular formula is C15H20N2O. The van der Waals surface area contributed by atoms with Crippen LogP contribution in [0.4, 0.5) is 0 Å². The van der Waals surface area contributed by atoms with E-state index in [0.717, 1.165) is 23.4 Å². The highest BCUT2D eigenvalue weighted by molar-refractivity contribution is 5.38. The van der Waals surface area contributed by atoms with Crippen LogP contribution in [0, 0.1) is 6.92 Å². The van der Waals surface area contributed by atoms with Gasteiger partial charge in [-0.1, -0.05) is 32.9 Å². The zero-order chi connectivity index (χ0) is 13.3. The van der Waals surface area contributed by atoms with Gasteiger partial charge in [0.25, 0.3) is 5.56 Å². The number of H-pyrrole nitrogens is 1. The van der Waals surface area contributed by atoms with Crippen LogP contribution < -0.4 is 5.56 Å². The third-order valence-electron chi connectivity index (χ3n) is 3.20. The quantitative estimate of drug-likeness (QED) is 0.884. The van der Waals surface area contributed by atoms with Crippen LogP contribution in [0.5, 0.6) is 0 Å². The zero-order valence-corrected chi connectivity index (χ0v) is 11.4. The first-order chi connectivity index (χ1) is 8.54. The molecule has 18 heavy (non-hydrogen) atoms. The minimum absolute atomic E-state index is 0.0303.